The molecular weight excluding hydrogens is 319 g/mol. The SMILES string of the molecule is CC(Cl)c1nc2ccc(Cl)cc2n1CCCS(C)(=O)=O. The molecule has 2 aromatic rings. The smallest absolute Gasteiger partial charge is 0.147 e. The van der Waals surface area contributed by atoms with Crippen LogP contribution in [0.1, 0.15) is 24.5 Å². The van der Waals surface area contributed by atoms with Crippen LogP contribution in [0, 0.1) is 0 Å². The highest BCUT2D eigenvalue weighted by molar-refractivity contribution is 7.90. The molecule has 0 aliphatic carbocycles. The maximum atomic E-state index is 11.2. The van der Waals surface area contributed by atoms with Gasteiger partial charge >= 0.3 is 0 Å². The predicted molar refractivity (Wildman–Crippen MR) is 83.3 cm³/mol. The summed E-state index contributed by atoms with van der Waals surface area (Å²) in [5, 5.41) is 0.370. The van der Waals surface area contributed by atoms with Crippen molar-refractivity contribution in [3.63, 3.8) is 0 Å². The standard InChI is InChI=1S/C13H16Cl2N2O2S/c1-9(14)13-16-11-5-4-10(15)8-12(11)17(13)6-3-7-20(2,18)19/h4-5,8-9H,3,6-7H2,1-2H3. The lowest BCUT2D eigenvalue weighted by atomic mass is 10.3. The molecule has 0 aliphatic rings. The minimum Gasteiger partial charge on any atom is -0.327 e. The van der Waals surface area contributed by atoms with Gasteiger partial charge in [0, 0.05) is 17.8 Å². The van der Waals surface area contributed by atoms with Gasteiger partial charge in [-0.1, -0.05) is 11.6 Å². The third kappa shape index (κ3) is 3.65. The lowest BCUT2D eigenvalue weighted by Crippen LogP contribution is -2.10. The van der Waals surface area contributed by atoms with E-state index >= 15 is 0 Å². The number of hydrogen-bond donors (Lipinski definition) is 0. The second-order valence-electron chi connectivity index (χ2n) is 4.85. The minimum absolute atomic E-state index is 0.142. The highest BCUT2D eigenvalue weighted by atomic mass is 35.5. The van der Waals surface area contributed by atoms with Crippen LogP contribution in [0.4, 0.5) is 0 Å². The molecule has 20 heavy (non-hydrogen) atoms. The van der Waals surface area contributed by atoms with E-state index in [9.17, 15) is 8.42 Å². The fraction of sp³-hybridized carbons (Fsp3) is 0.462. The van der Waals surface area contributed by atoms with E-state index in [1.165, 1.54) is 6.26 Å². The lowest BCUT2D eigenvalue weighted by Gasteiger charge is -2.10. The molecule has 1 aromatic carbocycles. The lowest BCUT2D eigenvalue weighted by molar-refractivity contribution is 0.590. The zero-order valence-electron chi connectivity index (χ0n) is 11.3. The van der Waals surface area contributed by atoms with Gasteiger partial charge in [-0.05, 0) is 31.5 Å². The van der Waals surface area contributed by atoms with Gasteiger partial charge in [-0.3, -0.25) is 0 Å². The number of imidazole rings is 1. The molecule has 1 unspecified atom stereocenters. The van der Waals surface area contributed by atoms with Crippen molar-refractivity contribution in [3.8, 4) is 0 Å². The van der Waals surface area contributed by atoms with Crippen LogP contribution in [-0.2, 0) is 16.4 Å². The van der Waals surface area contributed by atoms with Crippen molar-refractivity contribution in [1.29, 1.82) is 0 Å². The van der Waals surface area contributed by atoms with Gasteiger partial charge in [-0.15, -0.1) is 11.6 Å². The Bertz CT molecular complexity index is 723. The molecule has 0 aliphatic heterocycles. The van der Waals surface area contributed by atoms with E-state index in [1.54, 1.807) is 6.07 Å². The Hall–Kier alpha value is -0.780. The van der Waals surface area contributed by atoms with Crippen LogP contribution in [0.15, 0.2) is 18.2 Å². The van der Waals surface area contributed by atoms with Gasteiger partial charge in [0.1, 0.15) is 15.7 Å². The third-order valence-electron chi connectivity index (χ3n) is 2.99. The van der Waals surface area contributed by atoms with Gasteiger partial charge < -0.3 is 4.57 Å². The molecule has 1 atom stereocenters. The van der Waals surface area contributed by atoms with Gasteiger partial charge in [-0.25, -0.2) is 13.4 Å². The number of benzene rings is 1. The van der Waals surface area contributed by atoms with E-state index in [0.717, 1.165) is 16.9 Å². The summed E-state index contributed by atoms with van der Waals surface area (Å²) in [6, 6.07) is 5.45. The van der Waals surface area contributed by atoms with Crippen LogP contribution in [0.5, 0.6) is 0 Å². The number of rotatable bonds is 5. The quantitative estimate of drug-likeness (QED) is 0.787. The van der Waals surface area contributed by atoms with Crippen molar-refractivity contribution < 1.29 is 8.42 Å². The second kappa shape index (κ2) is 5.92. The summed E-state index contributed by atoms with van der Waals surface area (Å²) in [5.74, 6) is 0.876. The number of sulfone groups is 1. The molecule has 1 aromatic heterocycles. The summed E-state index contributed by atoms with van der Waals surface area (Å²) in [6.45, 7) is 2.40. The van der Waals surface area contributed by atoms with Crippen LogP contribution >= 0.6 is 23.2 Å². The Morgan fingerprint density at radius 2 is 2.10 bits per heavy atom. The van der Waals surface area contributed by atoms with Gasteiger partial charge in [0.15, 0.2) is 0 Å². The first-order valence-corrected chi connectivity index (χ1v) is 9.13. The monoisotopic (exact) mass is 334 g/mol. The van der Waals surface area contributed by atoms with Crippen LogP contribution in [0.2, 0.25) is 5.02 Å². The summed E-state index contributed by atoms with van der Waals surface area (Å²) >= 11 is 12.2. The average molecular weight is 335 g/mol. The number of nitrogens with zero attached hydrogens (tertiary/aromatic N) is 2. The van der Waals surface area contributed by atoms with Crippen molar-refractivity contribution in [2.75, 3.05) is 12.0 Å². The minimum atomic E-state index is -2.96. The van der Waals surface area contributed by atoms with Crippen molar-refractivity contribution >= 4 is 44.1 Å². The summed E-state index contributed by atoms with van der Waals surface area (Å²) in [4.78, 5) is 4.49. The normalized spacial score (nSPS) is 13.8. The third-order valence-corrected chi connectivity index (χ3v) is 4.45. The van der Waals surface area contributed by atoms with E-state index in [0.29, 0.717) is 18.0 Å². The Kier molecular flexibility index (Phi) is 4.62. The van der Waals surface area contributed by atoms with Gasteiger partial charge in [0.25, 0.3) is 0 Å². The van der Waals surface area contributed by atoms with Crippen LogP contribution < -0.4 is 0 Å². The summed E-state index contributed by atoms with van der Waals surface area (Å²) in [5.41, 5.74) is 1.70. The molecule has 0 radical (unpaired) electrons. The molecule has 0 spiro atoms. The van der Waals surface area contributed by atoms with E-state index in [1.807, 2.05) is 23.6 Å². The number of aryl methyl sites for hydroxylation is 1. The number of hydrogen-bond acceptors (Lipinski definition) is 3. The molecule has 0 fully saturated rings. The zero-order chi connectivity index (χ0) is 14.9. The molecule has 110 valence electrons. The van der Waals surface area contributed by atoms with Crippen molar-refractivity contribution in [3.05, 3.63) is 29.0 Å². The van der Waals surface area contributed by atoms with Gasteiger partial charge in [0.05, 0.1) is 22.2 Å². The van der Waals surface area contributed by atoms with E-state index in [-0.39, 0.29) is 11.1 Å². The van der Waals surface area contributed by atoms with Crippen molar-refractivity contribution in [2.45, 2.75) is 25.3 Å². The Morgan fingerprint density at radius 1 is 1.40 bits per heavy atom. The first-order chi connectivity index (χ1) is 9.28. The molecular formula is C13H16Cl2N2O2S. The van der Waals surface area contributed by atoms with Gasteiger partial charge in [-0.2, -0.15) is 0 Å². The van der Waals surface area contributed by atoms with Crippen LogP contribution in [0.25, 0.3) is 11.0 Å². The first kappa shape index (κ1) is 15.6. The molecule has 0 amide bonds. The largest absolute Gasteiger partial charge is 0.327 e. The Labute approximate surface area is 128 Å². The molecule has 0 N–H and O–H groups in total. The highest BCUT2D eigenvalue weighted by Crippen LogP contribution is 2.26. The zero-order valence-corrected chi connectivity index (χ0v) is 13.6. The predicted octanol–water partition coefficient (Wildman–Crippen LogP) is 3.42. The maximum absolute atomic E-state index is 11.2. The summed E-state index contributed by atoms with van der Waals surface area (Å²) in [6.07, 6.45) is 1.76. The average Bonchev–Trinajstić information content (AvgIpc) is 2.66. The van der Waals surface area contributed by atoms with E-state index in [2.05, 4.69) is 4.98 Å². The number of fused-ring (bicyclic) bond motifs is 1. The summed E-state index contributed by atoms with van der Waals surface area (Å²) < 4.78 is 24.4. The molecule has 0 saturated carbocycles. The van der Waals surface area contributed by atoms with Crippen LogP contribution in [-0.4, -0.2) is 30.0 Å². The number of aromatic nitrogens is 2. The molecule has 4 nitrogen and oxygen atoms in total. The summed E-state index contributed by atoms with van der Waals surface area (Å²) in [7, 11) is -2.96. The molecule has 7 heteroatoms. The fourth-order valence-corrected chi connectivity index (χ4v) is 3.12. The first-order valence-electron chi connectivity index (χ1n) is 6.25. The molecule has 1 heterocycles. The molecule has 0 bridgehead atoms. The van der Waals surface area contributed by atoms with E-state index < -0.39 is 9.84 Å². The number of halogens is 2. The Morgan fingerprint density at radius 3 is 2.70 bits per heavy atom. The highest BCUT2D eigenvalue weighted by Gasteiger charge is 2.15. The maximum Gasteiger partial charge on any atom is 0.147 e. The van der Waals surface area contributed by atoms with Gasteiger partial charge in [0.2, 0.25) is 0 Å². The fourth-order valence-electron chi connectivity index (χ4n) is 2.14. The van der Waals surface area contributed by atoms with Crippen molar-refractivity contribution in [2.24, 2.45) is 0 Å². The van der Waals surface area contributed by atoms with Crippen LogP contribution in [0.3, 0.4) is 0 Å². The van der Waals surface area contributed by atoms with E-state index in [4.69, 9.17) is 23.2 Å². The molecule has 2 rings (SSSR count). The second-order valence-corrected chi connectivity index (χ2v) is 8.20. The van der Waals surface area contributed by atoms with Crippen molar-refractivity contribution in [1.82, 2.24) is 9.55 Å². The molecule has 0 saturated heterocycles. The Balaban J connectivity index is 2.38. The topological polar surface area (TPSA) is 52.0 Å². The number of alkyl halides is 1.